The third-order valence-electron chi connectivity index (χ3n) is 4.59. The average molecular weight is 439 g/mol. The zero-order valence-electron chi connectivity index (χ0n) is 17.7. The molecule has 10 nitrogen and oxygen atoms in total. The summed E-state index contributed by atoms with van der Waals surface area (Å²) in [5.41, 5.74) is -0.221. The number of benzene rings is 1. The highest BCUT2D eigenvalue weighted by Gasteiger charge is 2.30. The lowest BCUT2D eigenvalue weighted by Crippen LogP contribution is -2.22. The molecular weight excluding hydrogens is 418 g/mol. The van der Waals surface area contributed by atoms with Gasteiger partial charge in [-0.3, -0.25) is 4.79 Å². The SMILES string of the molecule is CCOC(=O)c1cnc(-c2c(C(=O)OC)c(C(=O)OC)cn2Cc2ccccc2)[nH]c1=O. The van der Waals surface area contributed by atoms with Gasteiger partial charge in [-0.2, -0.15) is 0 Å². The number of methoxy groups -OCH3 is 2. The maximum Gasteiger partial charge on any atom is 0.345 e. The maximum absolute atomic E-state index is 12.6. The van der Waals surface area contributed by atoms with Gasteiger partial charge in [0, 0.05) is 18.9 Å². The van der Waals surface area contributed by atoms with Crippen molar-refractivity contribution in [1.82, 2.24) is 14.5 Å². The molecule has 1 N–H and O–H groups in total. The zero-order chi connectivity index (χ0) is 23.3. The van der Waals surface area contributed by atoms with Gasteiger partial charge in [-0.1, -0.05) is 30.3 Å². The molecule has 0 aliphatic heterocycles. The molecule has 0 atom stereocenters. The Bertz CT molecular complexity index is 1210. The van der Waals surface area contributed by atoms with Crippen LogP contribution in [0.15, 0.2) is 47.5 Å². The van der Waals surface area contributed by atoms with Crippen molar-refractivity contribution in [2.45, 2.75) is 13.5 Å². The van der Waals surface area contributed by atoms with Gasteiger partial charge < -0.3 is 23.8 Å². The molecule has 0 aliphatic rings. The molecule has 0 radical (unpaired) electrons. The fourth-order valence-corrected chi connectivity index (χ4v) is 3.16. The van der Waals surface area contributed by atoms with E-state index in [9.17, 15) is 19.2 Å². The summed E-state index contributed by atoms with van der Waals surface area (Å²) < 4.78 is 16.1. The Morgan fingerprint density at radius 3 is 2.28 bits per heavy atom. The Hall–Kier alpha value is -4.21. The largest absolute Gasteiger partial charge is 0.465 e. The minimum atomic E-state index is -0.823. The van der Waals surface area contributed by atoms with Crippen LogP contribution in [0.4, 0.5) is 0 Å². The highest BCUT2D eigenvalue weighted by atomic mass is 16.5. The molecule has 3 aromatic rings. The summed E-state index contributed by atoms with van der Waals surface area (Å²) in [6.45, 7) is 1.96. The molecule has 0 aliphatic carbocycles. The van der Waals surface area contributed by atoms with Crippen LogP contribution in [-0.2, 0) is 20.8 Å². The number of hydrogen-bond acceptors (Lipinski definition) is 8. The van der Waals surface area contributed by atoms with Crippen molar-refractivity contribution in [2.24, 2.45) is 0 Å². The first-order valence-electron chi connectivity index (χ1n) is 9.61. The number of esters is 3. The van der Waals surface area contributed by atoms with Crippen molar-refractivity contribution >= 4 is 17.9 Å². The third kappa shape index (κ3) is 4.43. The predicted octanol–water partition coefficient (Wildman–Crippen LogP) is 2.04. The Labute approximate surface area is 182 Å². The van der Waals surface area contributed by atoms with Crippen molar-refractivity contribution in [3.63, 3.8) is 0 Å². The van der Waals surface area contributed by atoms with Crippen molar-refractivity contribution in [1.29, 1.82) is 0 Å². The van der Waals surface area contributed by atoms with Gasteiger partial charge in [0.15, 0.2) is 5.82 Å². The monoisotopic (exact) mass is 439 g/mol. The zero-order valence-corrected chi connectivity index (χ0v) is 17.7. The number of hydrogen-bond donors (Lipinski definition) is 1. The van der Waals surface area contributed by atoms with Crippen molar-refractivity contribution < 1.29 is 28.6 Å². The van der Waals surface area contributed by atoms with Crippen LogP contribution in [0, 0.1) is 0 Å². The van der Waals surface area contributed by atoms with Crippen molar-refractivity contribution in [2.75, 3.05) is 20.8 Å². The molecule has 3 rings (SSSR count). The number of carbonyl (C=O) groups excluding carboxylic acids is 3. The molecule has 1 aromatic carbocycles. The minimum Gasteiger partial charge on any atom is -0.465 e. The van der Waals surface area contributed by atoms with Crippen LogP contribution in [0.2, 0.25) is 0 Å². The number of rotatable bonds is 7. The van der Waals surface area contributed by atoms with Crippen LogP contribution in [-0.4, -0.2) is 53.3 Å². The fraction of sp³-hybridized carbons (Fsp3) is 0.227. The van der Waals surface area contributed by atoms with E-state index in [1.807, 2.05) is 30.3 Å². The summed E-state index contributed by atoms with van der Waals surface area (Å²) >= 11 is 0. The number of nitrogens with one attached hydrogen (secondary N) is 1. The average Bonchev–Trinajstić information content (AvgIpc) is 3.17. The molecule has 10 heteroatoms. The highest BCUT2D eigenvalue weighted by molar-refractivity contribution is 6.07. The van der Waals surface area contributed by atoms with Crippen molar-refractivity contribution in [3.05, 3.63) is 75.3 Å². The van der Waals surface area contributed by atoms with Crippen LogP contribution < -0.4 is 5.56 Å². The quantitative estimate of drug-likeness (QED) is 0.437. The standard InChI is InChI=1S/C22H21N3O7/c1-4-32-21(28)14-10-23-18(24-19(14)26)17-16(22(29)31-3)15(20(27)30-2)12-25(17)11-13-8-6-5-7-9-13/h5-10,12H,4,11H2,1-3H3,(H,23,24,26). The second-order valence-corrected chi connectivity index (χ2v) is 6.56. The van der Waals surface area contributed by atoms with Crippen LogP contribution in [0.25, 0.3) is 11.5 Å². The first kappa shape index (κ1) is 22.5. The number of aromatic amines is 1. The van der Waals surface area contributed by atoms with E-state index in [2.05, 4.69) is 9.97 Å². The topological polar surface area (TPSA) is 130 Å². The molecule has 0 spiro atoms. The lowest BCUT2D eigenvalue weighted by molar-refractivity contribution is 0.0522. The van der Waals surface area contributed by atoms with Gasteiger partial charge >= 0.3 is 17.9 Å². The number of aromatic nitrogens is 3. The fourth-order valence-electron chi connectivity index (χ4n) is 3.16. The molecular formula is C22H21N3O7. The Morgan fingerprint density at radius 1 is 1.00 bits per heavy atom. The third-order valence-corrected chi connectivity index (χ3v) is 4.59. The smallest absolute Gasteiger partial charge is 0.345 e. The molecule has 0 fully saturated rings. The molecule has 0 bridgehead atoms. The van der Waals surface area contributed by atoms with E-state index in [0.717, 1.165) is 11.8 Å². The van der Waals surface area contributed by atoms with E-state index in [0.29, 0.717) is 0 Å². The molecule has 0 unspecified atom stereocenters. The lowest BCUT2D eigenvalue weighted by Gasteiger charge is -2.11. The number of nitrogens with zero attached hydrogens (tertiary/aromatic N) is 2. The van der Waals surface area contributed by atoms with Crippen LogP contribution in [0.5, 0.6) is 0 Å². The molecule has 166 valence electrons. The van der Waals surface area contributed by atoms with Crippen LogP contribution >= 0.6 is 0 Å². The van der Waals surface area contributed by atoms with Crippen LogP contribution in [0.3, 0.4) is 0 Å². The van der Waals surface area contributed by atoms with E-state index >= 15 is 0 Å². The molecule has 2 heterocycles. The first-order chi connectivity index (χ1) is 15.4. The van der Waals surface area contributed by atoms with Gasteiger partial charge in [-0.25, -0.2) is 19.4 Å². The number of carbonyl (C=O) groups is 3. The summed E-state index contributed by atoms with van der Waals surface area (Å²) in [7, 11) is 2.35. The van der Waals surface area contributed by atoms with Crippen LogP contribution in [0.1, 0.15) is 43.6 Å². The summed E-state index contributed by atoms with van der Waals surface area (Å²) in [5.74, 6) is -2.43. The van der Waals surface area contributed by atoms with Gasteiger partial charge in [0.2, 0.25) is 0 Å². The van der Waals surface area contributed by atoms with Gasteiger partial charge in [0.25, 0.3) is 5.56 Å². The van der Waals surface area contributed by atoms with Gasteiger partial charge in [-0.15, -0.1) is 0 Å². The maximum atomic E-state index is 12.6. The lowest BCUT2D eigenvalue weighted by atomic mass is 10.1. The second kappa shape index (κ2) is 9.73. The Morgan fingerprint density at radius 2 is 1.69 bits per heavy atom. The molecule has 0 amide bonds. The Balaban J connectivity index is 2.24. The van der Waals surface area contributed by atoms with E-state index in [4.69, 9.17) is 14.2 Å². The summed E-state index contributed by atoms with van der Waals surface area (Å²) in [6, 6.07) is 9.26. The van der Waals surface area contributed by atoms with E-state index < -0.39 is 23.5 Å². The molecule has 0 saturated carbocycles. The van der Waals surface area contributed by atoms with Gasteiger partial charge in [0.1, 0.15) is 16.8 Å². The number of H-pyrrole nitrogens is 1. The summed E-state index contributed by atoms with van der Waals surface area (Å²) in [4.78, 5) is 56.2. The minimum absolute atomic E-state index is 0.0328. The van der Waals surface area contributed by atoms with Crippen molar-refractivity contribution in [3.8, 4) is 11.5 Å². The normalized spacial score (nSPS) is 10.5. The molecule has 2 aromatic heterocycles. The second-order valence-electron chi connectivity index (χ2n) is 6.56. The summed E-state index contributed by atoms with van der Waals surface area (Å²) in [6.07, 6.45) is 2.49. The van der Waals surface area contributed by atoms with Gasteiger partial charge in [-0.05, 0) is 12.5 Å². The van der Waals surface area contributed by atoms with E-state index in [1.165, 1.54) is 20.4 Å². The summed E-state index contributed by atoms with van der Waals surface area (Å²) in [5, 5.41) is 0. The van der Waals surface area contributed by atoms with E-state index in [-0.39, 0.29) is 41.4 Å². The highest BCUT2D eigenvalue weighted by Crippen LogP contribution is 2.28. The Kier molecular flexibility index (Phi) is 6.83. The van der Waals surface area contributed by atoms with E-state index in [1.54, 1.807) is 11.5 Å². The molecule has 32 heavy (non-hydrogen) atoms. The number of ether oxygens (including phenoxy) is 3. The first-order valence-corrected chi connectivity index (χ1v) is 9.61. The predicted molar refractivity (Wildman–Crippen MR) is 112 cm³/mol. The van der Waals surface area contributed by atoms with Gasteiger partial charge in [0.05, 0.1) is 26.4 Å². The molecule has 0 saturated heterocycles.